The lowest BCUT2D eigenvalue weighted by molar-refractivity contribution is 0.310. The Kier molecular flexibility index (Phi) is 4.15. The van der Waals surface area contributed by atoms with Crippen LogP contribution in [0.3, 0.4) is 0 Å². The van der Waals surface area contributed by atoms with Crippen LogP contribution in [-0.2, 0) is 6.42 Å². The van der Waals surface area contributed by atoms with Crippen LogP contribution in [0, 0.1) is 0 Å². The summed E-state index contributed by atoms with van der Waals surface area (Å²) in [6, 6.07) is 10.4. The number of aromatic amines is 1. The molecule has 0 aliphatic rings. The summed E-state index contributed by atoms with van der Waals surface area (Å²) in [4.78, 5) is 4.43. The molecule has 0 fully saturated rings. The van der Waals surface area contributed by atoms with Crippen molar-refractivity contribution in [2.24, 2.45) is 0 Å². The van der Waals surface area contributed by atoms with Gasteiger partial charge in [-0.2, -0.15) is 5.10 Å². The van der Waals surface area contributed by atoms with Gasteiger partial charge in [0.2, 0.25) is 0 Å². The highest BCUT2D eigenvalue weighted by Crippen LogP contribution is 2.29. The van der Waals surface area contributed by atoms with Crippen LogP contribution in [0.1, 0.15) is 30.9 Å². The first-order valence-electron chi connectivity index (χ1n) is 7.36. The summed E-state index contributed by atoms with van der Waals surface area (Å²) in [6.07, 6.45) is 6.66. The van der Waals surface area contributed by atoms with Crippen molar-refractivity contribution in [1.29, 1.82) is 0 Å². The summed E-state index contributed by atoms with van der Waals surface area (Å²) in [7, 11) is 0. The Balaban J connectivity index is 1.94. The third-order valence-electron chi connectivity index (χ3n) is 3.49. The number of benzene rings is 1. The van der Waals surface area contributed by atoms with Crippen molar-refractivity contribution < 1.29 is 4.74 Å². The highest BCUT2D eigenvalue weighted by molar-refractivity contribution is 5.82. The van der Waals surface area contributed by atoms with Crippen LogP contribution in [0.15, 0.2) is 42.7 Å². The summed E-state index contributed by atoms with van der Waals surface area (Å²) < 4.78 is 6.02. The molecule has 0 saturated carbocycles. The van der Waals surface area contributed by atoms with E-state index < -0.39 is 0 Å². The fourth-order valence-corrected chi connectivity index (χ4v) is 2.35. The predicted octanol–water partition coefficient (Wildman–Crippen LogP) is 3.73. The minimum atomic E-state index is 0.725. The summed E-state index contributed by atoms with van der Waals surface area (Å²) >= 11 is 0. The number of aromatic nitrogens is 3. The fourth-order valence-electron chi connectivity index (χ4n) is 2.35. The molecular formula is C17H19N3O. The first-order chi connectivity index (χ1) is 10.4. The van der Waals surface area contributed by atoms with Gasteiger partial charge >= 0.3 is 0 Å². The highest BCUT2D eigenvalue weighted by atomic mass is 16.5. The molecule has 3 rings (SSSR count). The number of H-pyrrole nitrogens is 1. The first-order valence-corrected chi connectivity index (χ1v) is 7.36. The zero-order valence-corrected chi connectivity index (χ0v) is 12.2. The Morgan fingerprint density at radius 1 is 1.14 bits per heavy atom. The number of pyridine rings is 1. The monoisotopic (exact) mass is 281 g/mol. The van der Waals surface area contributed by atoms with Gasteiger partial charge in [-0.05, 0) is 12.0 Å². The van der Waals surface area contributed by atoms with E-state index in [-0.39, 0.29) is 0 Å². The SMILES string of the molecule is CCCCOc1c(Cc2ccccc2)cnc2[nH]ncc12. The van der Waals surface area contributed by atoms with Gasteiger partial charge in [0.25, 0.3) is 0 Å². The normalized spacial score (nSPS) is 10.9. The molecule has 21 heavy (non-hydrogen) atoms. The van der Waals surface area contributed by atoms with Crippen molar-refractivity contribution in [3.05, 3.63) is 53.9 Å². The molecule has 0 unspecified atom stereocenters. The van der Waals surface area contributed by atoms with Crippen LogP contribution in [0.25, 0.3) is 11.0 Å². The van der Waals surface area contributed by atoms with Crippen molar-refractivity contribution in [2.75, 3.05) is 6.61 Å². The molecule has 3 aromatic rings. The quantitative estimate of drug-likeness (QED) is 0.700. The van der Waals surface area contributed by atoms with Crippen molar-refractivity contribution >= 4 is 11.0 Å². The molecular weight excluding hydrogens is 262 g/mol. The van der Waals surface area contributed by atoms with E-state index in [0.717, 1.165) is 48.2 Å². The largest absolute Gasteiger partial charge is 0.492 e. The smallest absolute Gasteiger partial charge is 0.158 e. The van der Waals surface area contributed by atoms with Crippen molar-refractivity contribution in [3.8, 4) is 5.75 Å². The lowest BCUT2D eigenvalue weighted by Gasteiger charge is -2.12. The standard InChI is InChI=1S/C17H19N3O/c1-2-3-9-21-16-14(10-13-7-5-4-6-8-13)11-18-17-15(16)12-19-20-17/h4-8,11-12H,2-3,9-10H2,1H3,(H,18,19,20). The van der Waals surface area contributed by atoms with Crippen molar-refractivity contribution in [2.45, 2.75) is 26.2 Å². The molecule has 0 bridgehead atoms. The first kappa shape index (κ1) is 13.6. The number of hydrogen-bond acceptors (Lipinski definition) is 3. The molecule has 0 aliphatic carbocycles. The number of nitrogens with zero attached hydrogens (tertiary/aromatic N) is 2. The average molecular weight is 281 g/mol. The van der Waals surface area contributed by atoms with E-state index in [4.69, 9.17) is 4.74 Å². The van der Waals surface area contributed by atoms with Crippen LogP contribution in [-0.4, -0.2) is 21.8 Å². The molecule has 1 aromatic carbocycles. The van der Waals surface area contributed by atoms with Crippen molar-refractivity contribution in [1.82, 2.24) is 15.2 Å². The Labute approximate surface area is 124 Å². The van der Waals surface area contributed by atoms with Gasteiger partial charge in [-0.3, -0.25) is 5.10 Å². The zero-order chi connectivity index (χ0) is 14.5. The molecule has 4 heteroatoms. The van der Waals surface area contributed by atoms with E-state index in [1.54, 1.807) is 6.20 Å². The molecule has 0 aliphatic heterocycles. The summed E-state index contributed by atoms with van der Waals surface area (Å²) in [5, 5.41) is 7.93. The summed E-state index contributed by atoms with van der Waals surface area (Å²) in [5.74, 6) is 0.908. The number of rotatable bonds is 6. The number of hydrogen-bond donors (Lipinski definition) is 1. The second kappa shape index (κ2) is 6.39. The van der Waals surface area contributed by atoms with E-state index >= 15 is 0 Å². The maximum Gasteiger partial charge on any atom is 0.158 e. The Bertz CT molecular complexity index is 706. The Morgan fingerprint density at radius 2 is 2.00 bits per heavy atom. The van der Waals surface area contributed by atoms with Gasteiger partial charge in [0, 0.05) is 18.2 Å². The minimum absolute atomic E-state index is 0.725. The average Bonchev–Trinajstić information content (AvgIpc) is 2.99. The van der Waals surface area contributed by atoms with Gasteiger partial charge in [-0.15, -0.1) is 0 Å². The van der Waals surface area contributed by atoms with Gasteiger partial charge in [-0.25, -0.2) is 4.98 Å². The molecule has 2 heterocycles. The molecule has 0 radical (unpaired) electrons. The zero-order valence-electron chi connectivity index (χ0n) is 12.2. The van der Waals surface area contributed by atoms with Crippen LogP contribution >= 0.6 is 0 Å². The molecule has 2 aromatic heterocycles. The third-order valence-corrected chi connectivity index (χ3v) is 3.49. The van der Waals surface area contributed by atoms with E-state index in [9.17, 15) is 0 Å². The minimum Gasteiger partial charge on any atom is -0.492 e. The second-order valence-corrected chi connectivity index (χ2v) is 5.11. The Hall–Kier alpha value is -2.36. The number of nitrogens with one attached hydrogen (secondary N) is 1. The van der Waals surface area contributed by atoms with Crippen LogP contribution in [0.5, 0.6) is 5.75 Å². The molecule has 0 atom stereocenters. The Morgan fingerprint density at radius 3 is 2.81 bits per heavy atom. The molecule has 0 saturated heterocycles. The second-order valence-electron chi connectivity index (χ2n) is 5.11. The maximum atomic E-state index is 6.02. The molecule has 0 amide bonds. The summed E-state index contributed by atoms with van der Waals surface area (Å²) in [5.41, 5.74) is 3.13. The molecule has 4 nitrogen and oxygen atoms in total. The van der Waals surface area contributed by atoms with Gasteiger partial charge in [0.05, 0.1) is 18.2 Å². The van der Waals surface area contributed by atoms with Crippen molar-refractivity contribution in [3.63, 3.8) is 0 Å². The summed E-state index contributed by atoms with van der Waals surface area (Å²) in [6.45, 7) is 2.89. The number of unbranched alkanes of at least 4 members (excludes halogenated alkanes) is 1. The van der Waals surface area contributed by atoms with E-state index in [1.807, 2.05) is 12.3 Å². The molecule has 108 valence electrons. The van der Waals surface area contributed by atoms with E-state index in [0.29, 0.717) is 0 Å². The maximum absolute atomic E-state index is 6.02. The molecule has 1 N–H and O–H groups in total. The fraction of sp³-hybridized carbons (Fsp3) is 0.294. The lowest BCUT2D eigenvalue weighted by atomic mass is 10.0. The molecule has 0 spiro atoms. The van der Waals surface area contributed by atoms with Gasteiger partial charge in [0.1, 0.15) is 5.75 Å². The third kappa shape index (κ3) is 3.05. The predicted molar refractivity (Wildman–Crippen MR) is 83.5 cm³/mol. The van der Waals surface area contributed by atoms with Crippen LogP contribution < -0.4 is 4.74 Å². The topological polar surface area (TPSA) is 50.8 Å². The van der Waals surface area contributed by atoms with Gasteiger partial charge < -0.3 is 4.74 Å². The van der Waals surface area contributed by atoms with E-state index in [1.165, 1.54) is 5.56 Å². The highest BCUT2D eigenvalue weighted by Gasteiger charge is 2.12. The van der Waals surface area contributed by atoms with Crippen LogP contribution in [0.4, 0.5) is 0 Å². The lowest BCUT2D eigenvalue weighted by Crippen LogP contribution is -2.02. The van der Waals surface area contributed by atoms with E-state index in [2.05, 4.69) is 46.4 Å². The van der Waals surface area contributed by atoms with Gasteiger partial charge in [-0.1, -0.05) is 43.7 Å². The number of fused-ring (bicyclic) bond motifs is 1. The number of ether oxygens (including phenoxy) is 1. The van der Waals surface area contributed by atoms with Gasteiger partial charge in [0.15, 0.2) is 5.65 Å². The van der Waals surface area contributed by atoms with Crippen LogP contribution in [0.2, 0.25) is 0 Å².